The normalized spacial score (nSPS) is 11.5. The van der Waals surface area contributed by atoms with Crippen LogP contribution < -0.4 is 0 Å². The van der Waals surface area contributed by atoms with Gasteiger partial charge in [0, 0.05) is 0 Å². The zero-order valence-electron chi connectivity index (χ0n) is 8.46. The summed E-state index contributed by atoms with van der Waals surface area (Å²) in [5.41, 5.74) is 2.32. The highest BCUT2D eigenvalue weighted by molar-refractivity contribution is 7.19. The van der Waals surface area contributed by atoms with Gasteiger partial charge in [0.1, 0.15) is 5.01 Å². The van der Waals surface area contributed by atoms with Crippen molar-refractivity contribution in [3.63, 3.8) is 0 Å². The van der Waals surface area contributed by atoms with Crippen LogP contribution >= 0.6 is 22.7 Å². The van der Waals surface area contributed by atoms with Crippen LogP contribution in [0.5, 0.6) is 0 Å². The van der Waals surface area contributed by atoms with Crippen molar-refractivity contribution in [2.24, 2.45) is 0 Å². The van der Waals surface area contributed by atoms with Crippen molar-refractivity contribution in [1.29, 1.82) is 0 Å². The number of rotatable bonds is 2. The van der Waals surface area contributed by atoms with Gasteiger partial charge in [0.05, 0.1) is 10.2 Å². The fourth-order valence-electron chi connectivity index (χ4n) is 1.50. The molecule has 0 aliphatic heterocycles. The topological polar surface area (TPSA) is 12.9 Å². The second-order valence-corrected chi connectivity index (χ2v) is 5.25. The molecule has 0 atom stereocenters. The van der Waals surface area contributed by atoms with Crippen molar-refractivity contribution < 1.29 is 0 Å². The second-order valence-electron chi connectivity index (χ2n) is 3.41. The molecule has 0 spiro atoms. The maximum atomic E-state index is 4.55. The number of benzene rings is 1. The highest BCUT2D eigenvalue weighted by Crippen LogP contribution is 2.23. The molecule has 1 nitrogen and oxygen atoms in total. The lowest BCUT2D eigenvalue weighted by atomic mass is 10.3. The van der Waals surface area contributed by atoms with Gasteiger partial charge in [-0.3, -0.25) is 0 Å². The first kappa shape index (κ1) is 9.75. The number of nitrogens with zero attached hydrogens (tertiary/aromatic N) is 1. The monoisotopic (exact) mass is 243 g/mol. The van der Waals surface area contributed by atoms with Gasteiger partial charge in [0.25, 0.3) is 0 Å². The highest BCUT2D eigenvalue weighted by Gasteiger charge is 1.98. The van der Waals surface area contributed by atoms with Gasteiger partial charge in [-0.25, -0.2) is 4.98 Å². The minimum Gasteiger partial charge on any atom is -0.237 e. The van der Waals surface area contributed by atoms with Gasteiger partial charge < -0.3 is 0 Å². The number of thiophene rings is 1. The van der Waals surface area contributed by atoms with E-state index in [-0.39, 0.29) is 0 Å². The Morgan fingerprint density at radius 1 is 1.06 bits per heavy atom. The molecule has 0 saturated carbocycles. The first-order valence-corrected chi connectivity index (χ1v) is 6.73. The van der Waals surface area contributed by atoms with E-state index < -0.39 is 0 Å². The van der Waals surface area contributed by atoms with Gasteiger partial charge in [-0.2, -0.15) is 11.3 Å². The van der Waals surface area contributed by atoms with Crippen LogP contribution in [0.2, 0.25) is 0 Å². The first-order chi connectivity index (χ1) is 7.92. The Balaban J connectivity index is 1.95. The molecular formula is C13H9NS2. The third-order valence-corrected chi connectivity index (χ3v) is 3.98. The highest BCUT2D eigenvalue weighted by atomic mass is 32.1. The molecule has 16 heavy (non-hydrogen) atoms. The van der Waals surface area contributed by atoms with E-state index in [1.807, 2.05) is 18.2 Å². The van der Waals surface area contributed by atoms with Crippen molar-refractivity contribution in [3.8, 4) is 0 Å². The SMILES string of the molecule is C(=Cc1nc2ccccc2s1)c1ccsc1. The van der Waals surface area contributed by atoms with E-state index in [1.54, 1.807) is 22.7 Å². The summed E-state index contributed by atoms with van der Waals surface area (Å²) in [6, 6.07) is 10.3. The lowest BCUT2D eigenvalue weighted by molar-refractivity contribution is 1.46. The molecule has 1 aromatic carbocycles. The molecule has 2 aromatic heterocycles. The lowest BCUT2D eigenvalue weighted by Gasteiger charge is -1.82. The van der Waals surface area contributed by atoms with Crippen LogP contribution in [0, 0.1) is 0 Å². The molecule has 3 rings (SSSR count). The van der Waals surface area contributed by atoms with Crippen LogP contribution in [0.15, 0.2) is 41.1 Å². The van der Waals surface area contributed by atoms with E-state index in [9.17, 15) is 0 Å². The summed E-state index contributed by atoms with van der Waals surface area (Å²) in [6.45, 7) is 0. The molecule has 0 N–H and O–H groups in total. The molecule has 78 valence electrons. The molecule has 0 aliphatic carbocycles. The third kappa shape index (κ3) is 1.92. The molecule has 0 bridgehead atoms. The predicted molar refractivity (Wildman–Crippen MR) is 72.9 cm³/mol. The zero-order valence-corrected chi connectivity index (χ0v) is 10.1. The van der Waals surface area contributed by atoms with Crippen LogP contribution in [0.4, 0.5) is 0 Å². The van der Waals surface area contributed by atoms with E-state index in [0.717, 1.165) is 10.5 Å². The van der Waals surface area contributed by atoms with E-state index in [2.05, 4.69) is 40.0 Å². The molecular weight excluding hydrogens is 234 g/mol. The standard InChI is InChI=1S/C13H9NS2/c1-2-4-12-11(3-1)14-13(16-12)6-5-10-7-8-15-9-10/h1-9H. The van der Waals surface area contributed by atoms with Crippen molar-refractivity contribution >= 4 is 45.0 Å². The minimum atomic E-state index is 1.06. The van der Waals surface area contributed by atoms with Crippen LogP contribution in [0.25, 0.3) is 22.4 Å². The molecule has 0 amide bonds. The maximum absolute atomic E-state index is 4.55. The summed E-state index contributed by atoms with van der Waals surface area (Å²) in [6.07, 6.45) is 4.18. The predicted octanol–water partition coefficient (Wildman–Crippen LogP) is 4.53. The summed E-state index contributed by atoms with van der Waals surface area (Å²) in [7, 11) is 0. The van der Waals surface area contributed by atoms with Crippen molar-refractivity contribution in [2.75, 3.05) is 0 Å². The molecule has 0 radical (unpaired) electrons. The summed E-state index contributed by atoms with van der Waals surface area (Å²) in [4.78, 5) is 4.55. The molecule has 0 aliphatic rings. The first-order valence-electron chi connectivity index (χ1n) is 4.98. The molecule has 3 aromatic rings. The van der Waals surface area contributed by atoms with Crippen LogP contribution in [0.1, 0.15) is 10.6 Å². The van der Waals surface area contributed by atoms with E-state index in [1.165, 1.54) is 10.3 Å². The smallest absolute Gasteiger partial charge is 0.117 e. The second kappa shape index (κ2) is 4.20. The van der Waals surface area contributed by atoms with E-state index in [4.69, 9.17) is 0 Å². The molecule has 2 heterocycles. The summed E-state index contributed by atoms with van der Waals surface area (Å²) < 4.78 is 1.24. The Labute approximate surface area is 102 Å². The third-order valence-electron chi connectivity index (χ3n) is 2.27. The average molecular weight is 243 g/mol. The van der Waals surface area contributed by atoms with Gasteiger partial charge in [0.2, 0.25) is 0 Å². The van der Waals surface area contributed by atoms with Crippen molar-refractivity contribution in [1.82, 2.24) is 4.98 Å². The van der Waals surface area contributed by atoms with Gasteiger partial charge in [-0.05, 0) is 40.6 Å². The van der Waals surface area contributed by atoms with Gasteiger partial charge in [-0.15, -0.1) is 11.3 Å². The Morgan fingerprint density at radius 2 is 2.00 bits per heavy atom. The molecule has 0 unspecified atom stereocenters. The summed E-state index contributed by atoms with van der Waals surface area (Å²) in [5.74, 6) is 0. The summed E-state index contributed by atoms with van der Waals surface area (Å²) >= 11 is 3.44. The number of hydrogen-bond acceptors (Lipinski definition) is 3. The maximum Gasteiger partial charge on any atom is 0.117 e. The van der Waals surface area contributed by atoms with Crippen LogP contribution in [-0.2, 0) is 0 Å². The fourth-order valence-corrected chi connectivity index (χ4v) is 3.00. The quantitative estimate of drug-likeness (QED) is 0.644. The molecule has 3 heteroatoms. The van der Waals surface area contributed by atoms with Crippen LogP contribution in [0.3, 0.4) is 0 Å². The number of aromatic nitrogens is 1. The van der Waals surface area contributed by atoms with Crippen molar-refractivity contribution in [2.45, 2.75) is 0 Å². The van der Waals surface area contributed by atoms with Crippen LogP contribution in [-0.4, -0.2) is 4.98 Å². The fraction of sp³-hybridized carbons (Fsp3) is 0. The number of thiazole rings is 1. The Bertz CT molecular complexity index is 587. The Morgan fingerprint density at radius 3 is 2.81 bits per heavy atom. The Hall–Kier alpha value is -1.45. The zero-order chi connectivity index (χ0) is 10.8. The number of fused-ring (bicyclic) bond motifs is 1. The average Bonchev–Trinajstić information content (AvgIpc) is 2.95. The number of hydrogen-bond donors (Lipinski definition) is 0. The molecule has 0 fully saturated rings. The van der Waals surface area contributed by atoms with Crippen molar-refractivity contribution in [3.05, 3.63) is 51.7 Å². The molecule has 0 saturated heterocycles. The Kier molecular flexibility index (Phi) is 2.56. The summed E-state index contributed by atoms with van der Waals surface area (Å²) in [5, 5.41) is 5.27. The van der Waals surface area contributed by atoms with Gasteiger partial charge >= 0.3 is 0 Å². The largest absolute Gasteiger partial charge is 0.237 e. The lowest BCUT2D eigenvalue weighted by Crippen LogP contribution is -1.67. The minimum absolute atomic E-state index is 1.06. The van der Waals surface area contributed by atoms with Gasteiger partial charge in [-0.1, -0.05) is 18.2 Å². The van der Waals surface area contributed by atoms with E-state index in [0.29, 0.717) is 0 Å². The number of para-hydroxylation sites is 1. The van der Waals surface area contributed by atoms with E-state index >= 15 is 0 Å². The van der Waals surface area contributed by atoms with Gasteiger partial charge in [0.15, 0.2) is 0 Å².